The van der Waals surface area contributed by atoms with Gasteiger partial charge in [0, 0.05) is 29.4 Å². The van der Waals surface area contributed by atoms with Crippen molar-refractivity contribution in [3.63, 3.8) is 0 Å². The van der Waals surface area contributed by atoms with Crippen molar-refractivity contribution in [2.24, 2.45) is 11.1 Å². The number of nitrogens with zero attached hydrogens (tertiary/aromatic N) is 3. The van der Waals surface area contributed by atoms with Gasteiger partial charge in [-0.3, -0.25) is 19.1 Å². The number of carbonyl (C=O) groups excluding carboxylic acids is 3. The molecule has 2 aliphatic carbocycles. The summed E-state index contributed by atoms with van der Waals surface area (Å²) in [7, 11) is -2.31. The second kappa shape index (κ2) is 14.2. The SMILES string of the molecule is COc1ccc2c(OC3CC4C(=O)NC5(C(=O)NS(=O)(=O)C6CC6)CC5C=CCCCCCC(N=O)C(=O)N4C3)cc(OC(C)C)nc2c1C. The topological polar surface area (TPSA) is 183 Å². The fourth-order valence-corrected chi connectivity index (χ4v) is 8.31. The lowest BCUT2D eigenvalue weighted by Crippen LogP contribution is -2.57. The smallest absolute Gasteiger partial charge is 0.259 e. The van der Waals surface area contributed by atoms with Gasteiger partial charge in [0.15, 0.2) is 6.04 Å². The molecule has 6 rings (SSSR count). The first-order chi connectivity index (χ1) is 23.9. The lowest BCUT2D eigenvalue weighted by molar-refractivity contribution is -0.140. The number of methoxy groups -OCH3 is 1. The van der Waals surface area contributed by atoms with Crippen LogP contribution in [0.5, 0.6) is 17.4 Å². The number of ether oxygens (including phenoxy) is 3. The molecule has 0 spiro atoms. The van der Waals surface area contributed by atoms with Crippen molar-refractivity contribution < 1.29 is 37.0 Å². The third-order valence-electron chi connectivity index (χ3n) is 9.94. The average Bonchev–Trinajstić information content (AvgIpc) is 3.99. The number of nitrogens with one attached hydrogen (secondary N) is 2. The second-order valence-electron chi connectivity index (χ2n) is 14.0. The van der Waals surface area contributed by atoms with E-state index in [0.29, 0.717) is 54.0 Å². The van der Waals surface area contributed by atoms with E-state index in [-0.39, 0.29) is 31.9 Å². The first-order valence-corrected chi connectivity index (χ1v) is 18.9. The molecule has 1 aromatic carbocycles. The largest absolute Gasteiger partial charge is 0.496 e. The zero-order valence-corrected chi connectivity index (χ0v) is 29.7. The molecule has 1 aromatic heterocycles. The highest BCUT2D eigenvalue weighted by atomic mass is 32.2. The lowest BCUT2D eigenvalue weighted by atomic mass is 10.1. The van der Waals surface area contributed by atoms with E-state index in [9.17, 15) is 27.7 Å². The van der Waals surface area contributed by atoms with E-state index in [4.69, 9.17) is 19.2 Å². The van der Waals surface area contributed by atoms with Crippen LogP contribution in [0.4, 0.5) is 0 Å². The number of carbonyl (C=O) groups is 3. The second-order valence-corrected chi connectivity index (χ2v) is 16.0. The minimum atomic E-state index is -3.88. The molecule has 2 aliphatic heterocycles. The normalized spacial score (nSPS) is 27.4. The van der Waals surface area contributed by atoms with Crippen LogP contribution < -0.4 is 24.2 Å². The van der Waals surface area contributed by atoms with Crippen molar-refractivity contribution in [3.05, 3.63) is 40.8 Å². The summed E-state index contributed by atoms with van der Waals surface area (Å²) in [4.78, 5) is 59.6. The molecule has 2 N–H and O–H groups in total. The van der Waals surface area contributed by atoms with Crippen molar-refractivity contribution in [2.75, 3.05) is 13.7 Å². The summed E-state index contributed by atoms with van der Waals surface area (Å²) in [5, 5.41) is 6.04. The third-order valence-corrected chi connectivity index (χ3v) is 11.8. The summed E-state index contributed by atoms with van der Waals surface area (Å²) in [6, 6.07) is 2.99. The van der Waals surface area contributed by atoms with Crippen LogP contribution in [0.15, 0.2) is 35.5 Å². The van der Waals surface area contributed by atoms with E-state index in [0.717, 1.165) is 18.4 Å². The number of rotatable bonds is 9. The minimum absolute atomic E-state index is 0.0269. The van der Waals surface area contributed by atoms with Gasteiger partial charge in [-0.25, -0.2) is 13.4 Å². The van der Waals surface area contributed by atoms with Gasteiger partial charge in [-0.2, -0.15) is 0 Å². The number of hydrogen-bond donors (Lipinski definition) is 2. The fraction of sp³-hybridized carbons (Fsp3) is 0.600. The predicted molar refractivity (Wildman–Crippen MR) is 184 cm³/mol. The van der Waals surface area contributed by atoms with Gasteiger partial charge in [0.1, 0.15) is 29.2 Å². The Morgan fingerprint density at radius 1 is 1.14 bits per heavy atom. The highest BCUT2D eigenvalue weighted by Crippen LogP contribution is 2.46. The zero-order chi connectivity index (χ0) is 35.8. The fourth-order valence-electron chi connectivity index (χ4n) is 6.95. The van der Waals surface area contributed by atoms with Crippen LogP contribution in [-0.2, 0) is 24.4 Å². The molecule has 0 radical (unpaired) electrons. The Balaban J connectivity index is 1.32. The maximum atomic E-state index is 14.2. The standard InChI is InChI=1S/C35H45N5O9S/c1-20(2)48-30-17-29(25-14-15-28(47-4)21(3)31(25)36-30)49-23-16-27-32(41)37-35(34(43)39-50(45,46)24-12-13-24)18-22(35)10-8-6-5-7-9-11-26(38-44)33(42)40(27)19-23/h8,10,14-15,17,20,22-24,26-27H,5-7,9,11-13,16,18-19H2,1-4H3,(H,37,41)(H,39,43). The van der Waals surface area contributed by atoms with Gasteiger partial charge in [-0.15, -0.1) is 4.91 Å². The molecule has 3 heterocycles. The first-order valence-electron chi connectivity index (χ1n) is 17.4. The highest BCUT2D eigenvalue weighted by Gasteiger charge is 2.62. The Morgan fingerprint density at radius 2 is 1.92 bits per heavy atom. The molecule has 270 valence electrons. The van der Waals surface area contributed by atoms with E-state index in [1.807, 2.05) is 39.0 Å². The van der Waals surface area contributed by atoms with E-state index in [2.05, 4.69) is 15.2 Å². The molecule has 4 aliphatic rings. The van der Waals surface area contributed by atoms with Gasteiger partial charge < -0.3 is 24.4 Å². The Labute approximate surface area is 291 Å². The zero-order valence-electron chi connectivity index (χ0n) is 28.8. The summed E-state index contributed by atoms with van der Waals surface area (Å²) in [6.45, 7) is 5.61. The third kappa shape index (κ3) is 7.28. The molecule has 15 heteroatoms. The molecule has 50 heavy (non-hydrogen) atoms. The van der Waals surface area contributed by atoms with E-state index in [1.54, 1.807) is 19.2 Å². The Hall–Kier alpha value is -4.27. The molecule has 5 unspecified atom stereocenters. The lowest BCUT2D eigenvalue weighted by Gasteiger charge is -2.27. The van der Waals surface area contributed by atoms with Gasteiger partial charge >= 0.3 is 0 Å². The summed E-state index contributed by atoms with van der Waals surface area (Å²) >= 11 is 0. The number of aromatic nitrogens is 1. The first kappa shape index (κ1) is 35.6. The van der Waals surface area contributed by atoms with Crippen LogP contribution in [0.3, 0.4) is 0 Å². The molecule has 3 fully saturated rings. The van der Waals surface area contributed by atoms with Crippen molar-refractivity contribution in [2.45, 2.75) is 114 Å². The van der Waals surface area contributed by atoms with Crippen LogP contribution in [0, 0.1) is 17.7 Å². The van der Waals surface area contributed by atoms with E-state index in [1.165, 1.54) is 4.90 Å². The molecular formula is C35H45N5O9S. The molecule has 2 saturated carbocycles. The maximum Gasteiger partial charge on any atom is 0.259 e. The van der Waals surface area contributed by atoms with Gasteiger partial charge in [-0.05, 0) is 71.4 Å². The number of amides is 3. The van der Waals surface area contributed by atoms with Crippen molar-refractivity contribution in [3.8, 4) is 17.4 Å². The summed E-state index contributed by atoms with van der Waals surface area (Å²) < 4.78 is 45.7. The molecule has 14 nitrogen and oxygen atoms in total. The van der Waals surface area contributed by atoms with Crippen molar-refractivity contribution in [1.82, 2.24) is 19.9 Å². The predicted octanol–water partition coefficient (Wildman–Crippen LogP) is 3.83. The van der Waals surface area contributed by atoms with Gasteiger partial charge in [0.05, 0.1) is 30.5 Å². The quantitative estimate of drug-likeness (QED) is 0.287. The number of aryl methyl sites for hydroxylation is 1. The van der Waals surface area contributed by atoms with Gasteiger partial charge in [0.2, 0.25) is 21.8 Å². The van der Waals surface area contributed by atoms with Crippen LogP contribution in [0.2, 0.25) is 0 Å². The molecule has 3 amide bonds. The van der Waals surface area contributed by atoms with Crippen LogP contribution in [0.1, 0.15) is 77.2 Å². The molecule has 5 atom stereocenters. The number of sulfonamides is 1. The Kier molecular flexibility index (Phi) is 10.1. The highest BCUT2D eigenvalue weighted by molar-refractivity contribution is 7.91. The summed E-state index contributed by atoms with van der Waals surface area (Å²) in [6.07, 6.45) is 7.20. The maximum absolute atomic E-state index is 14.2. The number of fused-ring (bicyclic) bond motifs is 3. The van der Waals surface area contributed by atoms with Gasteiger partial charge in [0.25, 0.3) is 11.8 Å². The summed E-state index contributed by atoms with van der Waals surface area (Å²) in [5.74, 6) is -1.05. The number of pyridine rings is 1. The Morgan fingerprint density at radius 3 is 2.62 bits per heavy atom. The molecular weight excluding hydrogens is 666 g/mol. The number of nitroso groups, excluding NO2 is 1. The molecule has 2 aromatic rings. The Bertz CT molecular complexity index is 1810. The van der Waals surface area contributed by atoms with Crippen molar-refractivity contribution >= 4 is 38.6 Å². The van der Waals surface area contributed by atoms with Gasteiger partial charge in [-0.1, -0.05) is 30.2 Å². The molecule has 1 saturated heterocycles. The summed E-state index contributed by atoms with van der Waals surface area (Å²) in [5.41, 5.74) is -0.114. The molecule has 0 bridgehead atoms. The van der Waals surface area contributed by atoms with E-state index >= 15 is 0 Å². The number of hydrogen-bond acceptors (Lipinski definition) is 11. The monoisotopic (exact) mass is 711 g/mol. The van der Waals surface area contributed by atoms with Crippen LogP contribution >= 0.6 is 0 Å². The van der Waals surface area contributed by atoms with Crippen LogP contribution in [0.25, 0.3) is 10.9 Å². The average molecular weight is 712 g/mol. The van der Waals surface area contributed by atoms with Crippen molar-refractivity contribution in [1.29, 1.82) is 0 Å². The van der Waals surface area contributed by atoms with Crippen LogP contribution in [-0.4, -0.2) is 84.8 Å². The number of benzene rings is 1. The van der Waals surface area contributed by atoms with E-state index < -0.39 is 62.6 Å². The number of allylic oxidation sites excluding steroid dienone is 1. The minimum Gasteiger partial charge on any atom is -0.496 e.